The van der Waals surface area contributed by atoms with Gasteiger partial charge in [-0.25, -0.2) is 0 Å². The maximum atomic E-state index is 6.14. The quantitative estimate of drug-likeness (QED) is 0.461. The van der Waals surface area contributed by atoms with Gasteiger partial charge in [0.2, 0.25) is 0 Å². The zero-order chi connectivity index (χ0) is 17.1. The molecule has 0 aliphatic heterocycles. The van der Waals surface area contributed by atoms with Gasteiger partial charge in [0.15, 0.2) is 0 Å². The number of aromatic amines is 1. The van der Waals surface area contributed by atoms with Crippen molar-refractivity contribution in [3.63, 3.8) is 0 Å². The first-order valence-corrected chi connectivity index (χ1v) is 9.60. The minimum atomic E-state index is 0.794. The number of H-pyrrole nitrogens is 1. The fraction of sp³-hybridized carbons (Fsp3) is 0.455. The first-order chi connectivity index (χ1) is 11.5. The molecule has 0 amide bonds. The highest BCUT2D eigenvalue weighted by Crippen LogP contribution is 2.29. The molecule has 0 aliphatic rings. The van der Waals surface area contributed by atoms with Crippen molar-refractivity contribution in [2.45, 2.75) is 52.9 Å². The molecule has 3 aromatic rings. The van der Waals surface area contributed by atoms with Gasteiger partial charge < -0.3 is 4.98 Å². The van der Waals surface area contributed by atoms with Gasteiger partial charge in [0.1, 0.15) is 0 Å². The summed E-state index contributed by atoms with van der Waals surface area (Å²) in [7, 11) is 0. The van der Waals surface area contributed by atoms with Gasteiger partial charge in [0.25, 0.3) is 0 Å². The van der Waals surface area contributed by atoms with Crippen LogP contribution in [0.1, 0.15) is 52.0 Å². The van der Waals surface area contributed by atoms with E-state index in [4.69, 9.17) is 11.6 Å². The van der Waals surface area contributed by atoms with Crippen molar-refractivity contribution in [2.24, 2.45) is 11.8 Å². The van der Waals surface area contributed by atoms with Crippen molar-refractivity contribution >= 4 is 33.4 Å². The summed E-state index contributed by atoms with van der Waals surface area (Å²) >= 11 is 6.14. The number of nitrogens with one attached hydrogen (secondary N) is 1. The molecular formula is C22H28ClN. The molecule has 0 spiro atoms. The van der Waals surface area contributed by atoms with Gasteiger partial charge in [-0.3, -0.25) is 0 Å². The molecular weight excluding hydrogens is 314 g/mol. The molecule has 0 saturated carbocycles. The van der Waals surface area contributed by atoms with Crippen LogP contribution in [-0.4, -0.2) is 4.98 Å². The number of aryl methyl sites for hydroxylation is 1. The third-order valence-electron chi connectivity index (χ3n) is 5.03. The van der Waals surface area contributed by atoms with E-state index in [9.17, 15) is 0 Å². The Bertz CT molecular complexity index is 815. The maximum absolute atomic E-state index is 6.14. The van der Waals surface area contributed by atoms with E-state index in [2.05, 4.69) is 50.0 Å². The van der Waals surface area contributed by atoms with Gasteiger partial charge in [-0.15, -0.1) is 0 Å². The highest BCUT2D eigenvalue weighted by Gasteiger charge is 2.08. The lowest BCUT2D eigenvalue weighted by Crippen LogP contribution is -1.99. The number of benzene rings is 2. The van der Waals surface area contributed by atoms with Gasteiger partial charge in [-0.05, 0) is 54.5 Å². The summed E-state index contributed by atoms with van der Waals surface area (Å²) < 4.78 is 0. The molecule has 3 rings (SSSR count). The predicted molar refractivity (Wildman–Crippen MR) is 107 cm³/mol. The van der Waals surface area contributed by atoms with Gasteiger partial charge in [-0.1, -0.05) is 63.8 Å². The summed E-state index contributed by atoms with van der Waals surface area (Å²) in [6, 6.07) is 12.9. The molecule has 1 nitrogen and oxygen atoms in total. The molecule has 0 aliphatic carbocycles. The smallest absolute Gasteiger partial charge is 0.0467 e. The van der Waals surface area contributed by atoms with Crippen LogP contribution in [-0.2, 0) is 6.42 Å². The fourth-order valence-corrected chi connectivity index (χ4v) is 3.68. The van der Waals surface area contributed by atoms with E-state index in [1.54, 1.807) is 0 Å². The summed E-state index contributed by atoms with van der Waals surface area (Å²) in [5.74, 6) is 1.64. The monoisotopic (exact) mass is 341 g/mol. The van der Waals surface area contributed by atoms with E-state index in [1.807, 2.05) is 12.1 Å². The van der Waals surface area contributed by atoms with Crippen LogP contribution in [0.3, 0.4) is 0 Å². The van der Waals surface area contributed by atoms with Crippen molar-refractivity contribution in [3.05, 3.63) is 47.0 Å². The molecule has 0 saturated heterocycles. The lowest BCUT2D eigenvalue weighted by Gasteiger charge is -2.12. The van der Waals surface area contributed by atoms with Crippen LogP contribution < -0.4 is 0 Å². The molecule has 24 heavy (non-hydrogen) atoms. The van der Waals surface area contributed by atoms with E-state index in [0.717, 1.165) is 28.8 Å². The van der Waals surface area contributed by atoms with Gasteiger partial charge in [0.05, 0.1) is 0 Å². The molecule has 1 aromatic heterocycles. The molecule has 0 radical (unpaired) electrons. The average Bonchev–Trinajstić information content (AvgIpc) is 2.89. The minimum Gasteiger partial charge on any atom is -0.355 e. The third-order valence-corrected chi connectivity index (χ3v) is 5.26. The molecule has 0 bridgehead atoms. The standard InChI is InChI=1S/C22H28ClN/c1-15(2)5-4-6-16(3)7-8-17-9-11-19-20-14-18(23)10-12-21(20)24-22(19)13-17/h9-16,24H,4-8H2,1-3H3. The van der Waals surface area contributed by atoms with Crippen LogP contribution in [0.5, 0.6) is 0 Å². The molecule has 1 N–H and O–H groups in total. The number of fused-ring (bicyclic) bond motifs is 3. The first kappa shape index (κ1) is 17.4. The van der Waals surface area contributed by atoms with Crippen LogP contribution in [0.25, 0.3) is 21.8 Å². The molecule has 128 valence electrons. The molecule has 1 atom stereocenters. The zero-order valence-electron chi connectivity index (χ0n) is 15.0. The fourth-order valence-electron chi connectivity index (χ4n) is 3.51. The Labute approximate surface area is 150 Å². The topological polar surface area (TPSA) is 15.8 Å². The Morgan fingerprint density at radius 2 is 1.71 bits per heavy atom. The van der Waals surface area contributed by atoms with Crippen LogP contribution in [0.2, 0.25) is 5.02 Å². The Morgan fingerprint density at radius 3 is 2.50 bits per heavy atom. The van der Waals surface area contributed by atoms with Crippen molar-refractivity contribution in [1.29, 1.82) is 0 Å². The maximum Gasteiger partial charge on any atom is 0.0467 e. The summed E-state index contributed by atoms with van der Waals surface area (Å²) in [5.41, 5.74) is 3.81. The van der Waals surface area contributed by atoms with Gasteiger partial charge in [-0.2, -0.15) is 0 Å². The summed E-state index contributed by atoms with van der Waals surface area (Å²) in [5, 5.41) is 3.27. The Hall–Kier alpha value is -1.47. The lowest BCUT2D eigenvalue weighted by molar-refractivity contribution is 0.437. The van der Waals surface area contributed by atoms with Crippen LogP contribution in [0.15, 0.2) is 36.4 Å². The molecule has 2 aromatic carbocycles. The van der Waals surface area contributed by atoms with E-state index in [1.165, 1.54) is 47.5 Å². The van der Waals surface area contributed by atoms with Crippen molar-refractivity contribution in [3.8, 4) is 0 Å². The zero-order valence-corrected chi connectivity index (χ0v) is 15.8. The summed E-state index contributed by atoms with van der Waals surface area (Å²) in [6.45, 7) is 7.02. The Morgan fingerprint density at radius 1 is 0.875 bits per heavy atom. The normalized spacial score (nSPS) is 13.2. The van der Waals surface area contributed by atoms with E-state index < -0.39 is 0 Å². The highest BCUT2D eigenvalue weighted by atomic mass is 35.5. The largest absolute Gasteiger partial charge is 0.355 e. The summed E-state index contributed by atoms with van der Waals surface area (Å²) in [6.07, 6.45) is 6.50. The second-order valence-corrected chi connectivity index (χ2v) is 8.10. The van der Waals surface area contributed by atoms with Crippen molar-refractivity contribution < 1.29 is 0 Å². The molecule has 1 heterocycles. The van der Waals surface area contributed by atoms with Crippen molar-refractivity contribution in [2.75, 3.05) is 0 Å². The Balaban J connectivity index is 1.66. The lowest BCUT2D eigenvalue weighted by atomic mass is 9.94. The SMILES string of the molecule is CC(C)CCCC(C)CCc1ccc2c(c1)[nH]c1ccc(Cl)cc12. The molecule has 1 unspecified atom stereocenters. The Kier molecular flexibility index (Phi) is 5.50. The average molecular weight is 342 g/mol. The summed E-state index contributed by atoms with van der Waals surface area (Å²) in [4.78, 5) is 3.52. The van der Waals surface area contributed by atoms with Gasteiger partial charge in [0, 0.05) is 26.8 Å². The van der Waals surface area contributed by atoms with E-state index >= 15 is 0 Å². The van der Waals surface area contributed by atoms with Gasteiger partial charge >= 0.3 is 0 Å². The van der Waals surface area contributed by atoms with Crippen LogP contribution >= 0.6 is 11.6 Å². The van der Waals surface area contributed by atoms with Crippen LogP contribution in [0.4, 0.5) is 0 Å². The predicted octanol–water partition coefficient (Wildman–Crippen LogP) is 7.37. The molecule has 0 fully saturated rings. The number of hydrogen-bond donors (Lipinski definition) is 1. The van der Waals surface area contributed by atoms with Crippen molar-refractivity contribution in [1.82, 2.24) is 4.98 Å². The molecule has 2 heteroatoms. The minimum absolute atomic E-state index is 0.794. The third kappa shape index (κ3) is 4.13. The first-order valence-electron chi connectivity index (χ1n) is 9.23. The second kappa shape index (κ2) is 7.61. The van der Waals surface area contributed by atoms with E-state index in [0.29, 0.717) is 0 Å². The number of rotatable bonds is 7. The van der Waals surface area contributed by atoms with E-state index in [-0.39, 0.29) is 0 Å². The number of halogens is 1. The second-order valence-electron chi connectivity index (χ2n) is 7.66. The van der Waals surface area contributed by atoms with Crippen LogP contribution in [0, 0.1) is 11.8 Å². The highest BCUT2D eigenvalue weighted by molar-refractivity contribution is 6.31. The number of aromatic nitrogens is 1. The number of hydrogen-bond acceptors (Lipinski definition) is 0.